The van der Waals surface area contributed by atoms with Crippen LogP contribution in [0.4, 0.5) is 0 Å². The Morgan fingerprint density at radius 1 is 1.00 bits per heavy atom. The molecule has 6 N–H and O–H groups in total. The molecule has 0 aromatic heterocycles. The summed E-state index contributed by atoms with van der Waals surface area (Å²) in [6.45, 7) is -0.0756. The zero-order valence-corrected chi connectivity index (χ0v) is 8.88. The molecule has 0 saturated heterocycles. The molecular formula is C6H12N2O4S2. The summed E-state index contributed by atoms with van der Waals surface area (Å²) in [5.41, 5.74) is 10.4. The molecule has 0 aliphatic rings. The van der Waals surface area contributed by atoms with Gasteiger partial charge in [0.25, 0.3) is 0 Å². The molecule has 82 valence electrons. The molecule has 0 heterocycles. The van der Waals surface area contributed by atoms with Crippen molar-refractivity contribution < 1.29 is 19.8 Å². The predicted octanol–water partition coefficient (Wildman–Crippen LogP) is -0.808. The number of hydrogen-bond acceptors (Lipinski definition) is 6. The van der Waals surface area contributed by atoms with Gasteiger partial charge < -0.3 is 21.7 Å². The van der Waals surface area contributed by atoms with Gasteiger partial charge in [-0.1, -0.05) is 21.6 Å². The summed E-state index contributed by atoms with van der Waals surface area (Å²) in [6.07, 6.45) is 0. The van der Waals surface area contributed by atoms with Crippen LogP contribution >= 0.6 is 21.6 Å². The lowest BCUT2D eigenvalue weighted by Gasteiger charge is -2.12. The van der Waals surface area contributed by atoms with Gasteiger partial charge in [0.05, 0.1) is 0 Å². The summed E-state index contributed by atoms with van der Waals surface area (Å²) in [5.74, 6) is -2.10. The van der Waals surface area contributed by atoms with Gasteiger partial charge in [0, 0.05) is 13.1 Å². The van der Waals surface area contributed by atoms with Gasteiger partial charge >= 0.3 is 11.9 Å². The van der Waals surface area contributed by atoms with E-state index in [1.807, 2.05) is 0 Å². The molecular weight excluding hydrogens is 228 g/mol. The molecule has 0 radical (unpaired) electrons. The van der Waals surface area contributed by atoms with Crippen molar-refractivity contribution in [1.29, 1.82) is 0 Å². The number of carboxylic acids is 2. The third kappa shape index (κ3) is 4.70. The number of aliphatic carboxylic acids is 2. The van der Waals surface area contributed by atoms with Crippen molar-refractivity contribution in [3.63, 3.8) is 0 Å². The Labute approximate surface area is 88.8 Å². The zero-order chi connectivity index (χ0) is 11.1. The largest absolute Gasteiger partial charge is 0.480 e. The first-order chi connectivity index (χ1) is 6.52. The van der Waals surface area contributed by atoms with Crippen molar-refractivity contribution >= 4 is 33.5 Å². The van der Waals surface area contributed by atoms with Crippen molar-refractivity contribution in [3.05, 3.63) is 0 Å². The summed E-state index contributed by atoms with van der Waals surface area (Å²) in [7, 11) is 1.84. The van der Waals surface area contributed by atoms with E-state index in [4.69, 9.17) is 21.7 Å². The number of carboxylic acid groups (broad SMARTS) is 2. The molecule has 0 amide bonds. The first kappa shape index (κ1) is 13.6. The maximum Gasteiger partial charge on any atom is 0.318 e. The third-order valence-corrected chi connectivity index (χ3v) is 4.36. The lowest BCUT2D eigenvalue weighted by molar-refractivity contribution is -0.137. The van der Waals surface area contributed by atoms with Crippen molar-refractivity contribution in [1.82, 2.24) is 0 Å². The van der Waals surface area contributed by atoms with Crippen molar-refractivity contribution in [2.45, 2.75) is 10.5 Å². The van der Waals surface area contributed by atoms with Crippen LogP contribution in [0.3, 0.4) is 0 Å². The van der Waals surface area contributed by atoms with Crippen LogP contribution in [0.25, 0.3) is 0 Å². The van der Waals surface area contributed by atoms with Gasteiger partial charge in [0.2, 0.25) is 0 Å². The molecule has 0 rings (SSSR count). The van der Waals surface area contributed by atoms with Crippen LogP contribution < -0.4 is 11.5 Å². The monoisotopic (exact) mass is 240 g/mol. The second-order valence-electron chi connectivity index (χ2n) is 2.32. The van der Waals surface area contributed by atoms with Gasteiger partial charge in [0.1, 0.15) is 10.5 Å². The van der Waals surface area contributed by atoms with Crippen molar-refractivity contribution in [3.8, 4) is 0 Å². The standard InChI is InChI=1S/C6H12N2O4S2/c7-1-3(5(9)10)13-14-4(2-8)6(11)12/h3-4H,1-2,7-8H2,(H,9,10)(H,11,12)/t3-,4+. The van der Waals surface area contributed by atoms with Gasteiger partial charge in [-0.05, 0) is 0 Å². The molecule has 0 aromatic rings. The van der Waals surface area contributed by atoms with Gasteiger partial charge in [-0.3, -0.25) is 9.59 Å². The Morgan fingerprint density at radius 3 is 1.43 bits per heavy atom. The third-order valence-electron chi connectivity index (χ3n) is 1.27. The van der Waals surface area contributed by atoms with Crippen LogP contribution in [0.15, 0.2) is 0 Å². The summed E-state index contributed by atoms with van der Waals surface area (Å²) >= 11 is 0. The maximum absolute atomic E-state index is 10.5. The smallest absolute Gasteiger partial charge is 0.318 e. The fourth-order valence-electron chi connectivity index (χ4n) is 0.497. The number of rotatable bonds is 7. The molecule has 0 saturated carbocycles. The SMILES string of the molecule is NC[C@H](SS[C@H](CN)C(=O)O)C(=O)O. The summed E-state index contributed by atoms with van der Waals surface area (Å²) in [6, 6.07) is 0. The van der Waals surface area contributed by atoms with Crippen LogP contribution in [0, 0.1) is 0 Å². The predicted molar refractivity (Wildman–Crippen MR) is 56.1 cm³/mol. The summed E-state index contributed by atoms with van der Waals surface area (Å²) < 4.78 is 0. The van der Waals surface area contributed by atoms with E-state index < -0.39 is 22.4 Å². The second kappa shape index (κ2) is 6.93. The lowest BCUT2D eigenvalue weighted by atomic mass is 10.4. The minimum atomic E-state index is -1.05. The van der Waals surface area contributed by atoms with E-state index >= 15 is 0 Å². The minimum Gasteiger partial charge on any atom is -0.480 e. The van der Waals surface area contributed by atoms with Gasteiger partial charge in [-0.15, -0.1) is 0 Å². The normalized spacial score (nSPS) is 14.7. The quantitative estimate of drug-likeness (QED) is 0.426. The molecule has 2 atom stereocenters. The molecule has 14 heavy (non-hydrogen) atoms. The van der Waals surface area contributed by atoms with Gasteiger partial charge in [-0.25, -0.2) is 0 Å². The molecule has 0 fully saturated rings. The minimum absolute atomic E-state index is 0.0378. The molecule has 6 nitrogen and oxygen atoms in total. The van der Waals surface area contributed by atoms with Crippen LogP contribution in [-0.2, 0) is 9.59 Å². The fourth-order valence-corrected chi connectivity index (χ4v) is 2.86. The van der Waals surface area contributed by atoms with Crippen molar-refractivity contribution in [2.75, 3.05) is 13.1 Å². The molecule has 8 heteroatoms. The fraction of sp³-hybridized carbons (Fsp3) is 0.667. The highest BCUT2D eigenvalue weighted by Crippen LogP contribution is 2.30. The molecule has 0 aliphatic heterocycles. The van der Waals surface area contributed by atoms with E-state index in [2.05, 4.69) is 0 Å². The first-order valence-corrected chi connectivity index (χ1v) is 5.98. The molecule has 0 aromatic carbocycles. The van der Waals surface area contributed by atoms with Gasteiger partial charge in [0.15, 0.2) is 0 Å². The van der Waals surface area contributed by atoms with E-state index in [0.717, 1.165) is 21.6 Å². The Hall–Kier alpha value is -0.440. The Kier molecular flexibility index (Phi) is 6.71. The Bertz CT molecular complexity index is 192. The van der Waals surface area contributed by atoms with Gasteiger partial charge in [-0.2, -0.15) is 0 Å². The average molecular weight is 240 g/mol. The van der Waals surface area contributed by atoms with E-state index in [9.17, 15) is 9.59 Å². The number of hydrogen-bond donors (Lipinski definition) is 4. The maximum atomic E-state index is 10.5. The van der Waals surface area contributed by atoms with Crippen molar-refractivity contribution in [2.24, 2.45) is 11.5 Å². The number of carbonyl (C=O) groups is 2. The van der Waals surface area contributed by atoms with E-state index in [1.54, 1.807) is 0 Å². The first-order valence-electron chi connectivity index (χ1n) is 3.70. The highest BCUT2D eigenvalue weighted by atomic mass is 33.1. The van der Waals surface area contributed by atoms with Crippen LogP contribution in [0.5, 0.6) is 0 Å². The summed E-state index contributed by atoms with van der Waals surface area (Å²) in [4.78, 5) is 21.0. The molecule has 0 unspecified atom stereocenters. The number of nitrogens with two attached hydrogens (primary N) is 2. The highest BCUT2D eigenvalue weighted by molar-refractivity contribution is 8.77. The Morgan fingerprint density at radius 2 is 1.29 bits per heavy atom. The topological polar surface area (TPSA) is 127 Å². The van der Waals surface area contributed by atoms with Crippen LogP contribution in [0.1, 0.15) is 0 Å². The highest BCUT2D eigenvalue weighted by Gasteiger charge is 2.22. The average Bonchev–Trinajstić information content (AvgIpc) is 2.11. The zero-order valence-electron chi connectivity index (χ0n) is 7.25. The van der Waals surface area contributed by atoms with E-state index in [1.165, 1.54) is 0 Å². The van der Waals surface area contributed by atoms with Crippen LogP contribution in [0.2, 0.25) is 0 Å². The molecule has 0 spiro atoms. The lowest BCUT2D eigenvalue weighted by Crippen LogP contribution is -2.28. The van der Waals surface area contributed by atoms with E-state index in [0.29, 0.717) is 0 Å². The second-order valence-corrected chi connectivity index (χ2v) is 5.00. The molecule has 0 bridgehead atoms. The Balaban J connectivity index is 4.00. The molecule has 0 aliphatic carbocycles. The summed E-state index contributed by atoms with van der Waals surface area (Å²) in [5, 5.41) is 15.6. The van der Waals surface area contributed by atoms with Crippen LogP contribution in [-0.4, -0.2) is 45.7 Å². The van der Waals surface area contributed by atoms with E-state index in [-0.39, 0.29) is 13.1 Å².